The van der Waals surface area contributed by atoms with E-state index in [0.29, 0.717) is 15.3 Å². The van der Waals surface area contributed by atoms with Crippen molar-refractivity contribution in [3.63, 3.8) is 0 Å². The van der Waals surface area contributed by atoms with E-state index in [0.717, 1.165) is 0 Å². The van der Waals surface area contributed by atoms with Gasteiger partial charge in [-0.1, -0.05) is 23.2 Å². The van der Waals surface area contributed by atoms with Crippen LogP contribution in [0.15, 0.2) is 10.7 Å². The first-order valence-corrected chi connectivity index (χ1v) is 3.93. The highest BCUT2D eigenvalue weighted by Crippen LogP contribution is 2.26. The third-order valence-electron chi connectivity index (χ3n) is 0.914. The number of anilines is 1. The van der Waals surface area contributed by atoms with Gasteiger partial charge in [0.15, 0.2) is 0 Å². The van der Waals surface area contributed by atoms with Crippen LogP contribution in [0.25, 0.3) is 0 Å². The van der Waals surface area contributed by atoms with Crippen LogP contribution in [0.4, 0.5) is 5.69 Å². The second kappa shape index (κ2) is 2.95. The van der Waals surface area contributed by atoms with Crippen LogP contribution in [0.2, 0.25) is 10.2 Å². The highest BCUT2D eigenvalue weighted by molar-refractivity contribution is 9.10. The number of nitrogens with zero attached hydrogens (tertiary/aromatic N) is 1. The molecule has 1 heterocycles. The van der Waals surface area contributed by atoms with Gasteiger partial charge < -0.3 is 5.73 Å². The van der Waals surface area contributed by atoms with E-state index >= 15 is 0 Å². The Bertz CT molecular complexity index is 214. The van der Waals surface area contributed by atoms with Crippen LogP contribution < -0.4 is 5.73 Å². The molecule has 0 atom stereocenters. The molecular weight excluding hydrogens is 239 g/mol. The summed E-state index contributed by atoms with van der Waals surface area (Å²) in [5.74, 6) is 0. The molecule has 54 valence electrons. The minimum Gasteiger partial charge on any atom is -0.396 e. The van der Waals surface area contributed by atoms with Crippen molar-refractivity contribution in [2.45, 2.75) is 0 Å². The molecule has 1 aromatic rings. The van der Waals surface area contributed by atoms with Gasteiger partial charge in [0.05, 0.1) is 10.7 Å². The number of halogens is 3. The molecule has 0 amide bonds. The zero-order valence-electron chi connectivity index (χ0n) is 4.74. The molecule has 0 radical (unpaired) electrons. The minimum atomic E-state index is 0.253. The van der Waals surface area contributed by atoms with Crippen molar-refractivity contribution < 1.29 is 0 Å². The Morgan fingerprint density at radius 2 is 2.10 bits per heavy atom. The van der Waals surface area contributed by atoms with Gasteiger partial charge in [-0.05, 0) is 22.0 Å². The van der Waals surface area contributed by atoms with Crippen molar-refractivity contribution in [1.82, 2.24) is 4.98 Å². The summed E-state index contributed by atoms with van der Waals surface area (Å²) in [6.07, 6.45) is 0. The lowest BCUT2D eigenvalue weighted by Gasteiger charge is -1.98. The molecule has 0 aliphatic carbocycles. The molecule has 2 nitrogen and oxygen atoms in total. The maximum Gasteiger partial charge on any atom is 0.149 e. The van der Waals surface area contributed by atoms with Gasteiger partial charge in [-0.15, -0.1) is 0 Å². The smallest absolute Gasteiger partial charge is 0.149 e. The Kier molecular flexibility index (Phi) is 2.39. The first-order chi connectivity index (χ1) is 4.61. The summed E-state index contributed by atoms with van der Waals surface area (Å²) in [5.41, 5.74) is 5.92. The number of pyridine rings is 1. The average Bonchev–Trinajstić information content (AvgIpc) is 1.84. The molecular formula is C5H3BrCl2N2. The van der Waals surface area contributed by atoms with Gasteiger partial charge >= 0.3 is 0 Å². The zero-order valence-corrected chi connectivity index (χ0v) is 7.83. The molecule has 0 spiro atoms. The first-order valence-electron chi connectivity index (χ1n) is 2.38. The van der Waals surface area contributed by atoms with Crippen molar-refractivity contribution in [2.24, 2.45) is 0 Å². The number of aromatic nitrogens is 1. The lowest BCUT2D eigenvalue weighted by atomic mass is 10.4. The van der Waals surface area contributed by atoms with E-state index in [4.69, 9.17) is 28.9 Å². The normalized spacial score (nSPS) is 9.90. The predicted octanol–water partition coefficient (Wildman–Crippen LogP) is 2.73. The molecule has 1 rings (SSSR count). The van der Waals surface area contributed by atoms with E-state index in [1.807, 2.05) is 0 Å². The van der Waals surface area contributed by atoms with Gasteiger partial charge in [-0.3, -0.25) is 0 Å². The lowest BCUT2D eigenvalue weighted by molar-refractivity contribution is 1.28. The van der Waals surface area contributed by atoms with Crippen LogP contribution in [0.1, 0.15) is 0 Å². The third-order valence-corrected chi connectivity index (χ3v) is 2.22. The van der Waals surface area contributed by atoms with E-state index in [9.17, 15) is 0 Å². The molecule has 10 heavy (non-hydrogen) atoms. The average molecular weight is 242 g/mol. The summed E-state index contributed by atoms with van der Waals surface area (Å²) in [6, 6.07) is 1.54. The molecule has 0 bridgehead atoms. The van der Waals surface area contributed by atoms with Gasteiger partial charge in [-0.25, -0.2) is 4.98 Å². The van der Waals surface area contributed by atoms with Crippen LogP contribution in [0, 0.1) is 0 Å². The van der Waals surface area contributed by atoms with E-state index < -0.39 is 0 Å². The van der Waals surface area contributed by atoms with Crippen molar-refractivity contribution >= 4 is 44.8 Å². The Hall–Kier alpha value is 0.01000. The van der Waals surface area contributed by atoms with Crippen LogP contribution in [0.3, 0.4) is 0 Å². The number of nitrogen functional groups attached to an aromatic ring is 1. The molecule has 0 aliphatic heterocycles. The van der Waals surface area contributed by atoms with E-state index in [-0.39, 0.29) is 5.15 Å². The van der Waals surface area contributed by atoms with Gasteiger partial charge in [0.1, 0.15) is 9.76 Å². The maximum atomic E-state index is 5.59. The maximum absolute atomic E-state index is 5.59. The van der Waals surface area contributed by atoms with Crippen LogP contribution >= 0.6 is 39.1 Å². The van der Waals surface area contributed by atoms with Gasteiger partial charge in [0.25, 0.3) is 0 Å². The molecule has 0 fully saturated rings. The Balaban J connectivity index is 3.28. The third kappa shape index (κ3) is 1.54. The molecule has 5 heteroatoms. The van der Waals surface area contributed by atoms with Crippen molar-refractivity contribution in [3.8, 4) is 0 Å². The van der Waals surface area contributed by atoms with Gasteiger partial charge in [0, 0.05) is 0 Å². The fourth-order valence-corrected chi connectivity index (χ4v) is 1.15. The summed E-state index contributed by atoms with van der Waals surface area (Å²) in [5, 5.41) is 0.616. The van der Waals surface area contributed by atoms with E-state index in [1.165, 1.54) is 0 Å². The molecule has 1 aromatic heterocycles. The summed E-state index contributed by atoms with van der Waals surface area (Å²) >= 11 is 14.2. The largest absolute Gasteiger partial charge is 0.396 e. The Labute approximate surface area is 76.5 Å². The molecule has 2 N–H and O–H groups in total. The summed E-state index contributed by atoms with van der Waals surface area (Å²) in [6.45, 7) is 0. The number of nitrogens with two attached hydrogens (primary N) is 1. The SMILES string of the molecule is Nc1cc(Cl)c(Cl)nc1Br. The summed E-state index contributed by atoms with van der Waals surface area (Å²) in [7, 11) is 0. The lowest BCUT2D eigenvalue weighted by Crippen LogP contribution is -1.89. The number of hydrogen-bond donors (Lipinski definition) is 1. The van der Waals surface area contributed by atoms with Crippen molar-refractivity contribution in [3.05, 3.63) is 20.8 Å². The predicted molar refractivity (Wildman–Crippen MR) is 46.4 cm³/mol. The van der Waals surface area contributed by atoms with Crippen LogP contribution in [-0.4, -0.2) is 4.98 Å². The standard InChI is InChI=1S/C5H3BrCl2N2/c6-4-3(9)1-2(7)5(8)10-4/h1H,9H2. The van der Waals surface area contributed by atoms with Gasteiger partial charge in [-0.2, -0.15) is 0 Å². The highest BCUT2D eigenvalue weighted by Gasteiger charge is 2.02. The Morgan fingerprint density at radius 1 is 1.50 bits per heavy atom. The monoisotopic (exact) mass is 240 g/mol. The molecule has 0 aliphatic rings. The summed E-state index contributed by atoms with van der Waals surface area (Å²) in [4.78, 5) is 3.80. The Morgan fingerprint density at radius 3 is 2.60 bits per heavy atom. The van der Waals surface area contributed by atoms with Gasteiger partial charge in [0.2, 0.25) is 0 Å². The fraction of sp³-hybridized carbons (Fsp3) is 0. The van der Waals surface area contributed by atoms with E-state index in [2.05, 4.69) is 20.9 Å². The molecule has 0 saturated carbocycles. The highest BCUT2D eigenvalue weighted by atomic mass is 79.9. The fourth-order valence-electron chi connectivity index (χ4n) is 0.460. The topological polar surface area (TPSA) is 38.9 Å². The number of hydrogen-bond acceptors (Lipinski definition) is 2. The number of rotatable bonds is 0. The second-order valence-electron chi connectivity index (χ2n) is 1.64. The molecule has 0 unspecified atom stereocenters. The quantitative estimate of drug-likeness (QED) is 0.710. The zero-order chi connectivity index (χ0) is 7.72. The molecule has 0 saturated heterocycles. The first kappa shape index (κ1) is 8.11. The van der Waals surface area contributed by atoms with Crippen LogP contribution in [0.5, 0.6) is 0 Å². The van der Waals surface area contributed by atoms with Crippen molar-refractivity contribution in [2.75, 3.05) is 5.73 Å². The second-order valence-corrected chi connectivity index (χ2v) is 3.16. The molecule has 0 aromatic carbocycles. The van der Waals surface area contributed by atoms with Crippen LogP contribution in [-0.2, 0) is 0 Å². The van der Waals surface area contributed by atoms with Crippen molar-refractivity contribution in [1.29, 1.82) is 0 Å². The minimum absolute atomic E-state index is 0.253. The van der Waals surface area contributed by atoms with E-state index in [1.54, 1.807) is 6.07 Å². The summed E-state index contributed by atoms with van der Waals surface area (Å²) < 4.78 is 0.516.